The van der Waals surface area contributed by atoms with Gasteiger partial charge in [-0.3, -0.25) is 19.1 Å². The third-order valence-electron chi connectivity index (χ3n) is 7.73. The van der Waals surface area contributed by atoms with E-state index in [-0.39, 0.29) is 30.3 Å². The molecule has 1 aliphatic heterocycles. The number of amides is 3. The van der Waals surface area contributed by atoms with Crippen molar-refractivity contribution in [3.05, 3.63) is 47.3 Å². The Hall–Kier alpha value is -3.75. The number of nitrogens with zero attached hydrogens (tertiary/aromatic N) is 4. The number of benzene rings is 1. The first kappa shape index (κ1) is 27.3. The zero-order valence-corrected chi connectivity index (χ0v) is 23.2. The predicted molar refractivity (Wildman–Crippen MR) is 149 cm³/mol. The van der Waals surface area contributed by atoms with E-state index >= 15 is 0 Å². The molecule has 2 aliphatic rings. The Kier molecular flexibility index (Phi) is 8.14. The van der Waals surface area contributed by atoms with Crippen LogP contribution in [0.4, 0.5) is 5.69 Å². The molecule has 1 unspecified atom stereocenters. The molecule has 9 heteroatoms. The van der Waals surface area contributed by atoms with E-state index in [1.54, 1.807) is 24.7 Å². The van der Waals surface area contributed by atoms with Gasteiger partial charge < -0.3 is 15.5 Å². The molecule has 2 N–H and O–H groups in total. The van der Waals surface area contributed by atoms with Crippen LogP contribution in [0.2, 0.25) is 0 Å². The van der Waals surface area contributed by atoms with Crippen molar-refractivity contribution in [2.45, 2.75) is 65.5 Å². The highest BCUT2D eigenvalue weighted by Crippen LogP contribution is 2.34. The monoisotopic (exact) mass is 518 g/mol. The fraction of sp³-hybridized carbons (Fsp3) is 0.483. The molecule has 1 atom stereocenters. The zero-order chi connectivity index (χ0) is 27.6. The van der Waals surface area contributed by atoms with Crippen molar-refractivity contribution in [2.75, 3.05) is 18.5 Å². The number of hydrogen-bond donors (Lipinski definition) is 2. The fourth-order valence-electron chi connectivity index (χ4n) is 5.58. The third-order valence-corrected chi connectivity index (χ3v) is 7.73. The molecule has 0 saturated heterocycles. The van der Waals surface area contributed by atoms with Crippen molar-refractivity contribution in [3.63, 3.8) is 0 Å². The fourth-order valence-corrected chi connectivity index (χ4v) is 5.58. The molecule has 4 rings (SSSR count). The smallest absolute Gasteiger partial charge is 0.254 e. The van der Waals surface area contributed by atoms with Crippen LogP contribution in [-0.4, -0.2) is 58.9 Å². The summed E-state index contributed by atoms with van der Waals surface area (Å²) in [6.45, 7) is 7.43. The molecule has 202 valence electrons. The van der Waals surface area contributed by atoms with Gasteiger partial charge in [-0.05, 0) is 75.8 Å². The number of rotatable bonds is 7. The SMILES string of the molecule is CC(=O)NC1CCC(N(C)c2cc(-c3cnn(C)c3)cc(C(=O)NCC3C(=O)N=C(C)C=C3C)c2C)CC1. The summed E-state index contributed by atoms with van der Waals surface area (Å²) >= 11 is 0. The molecular formula is C29H38N6O3. The molecule has 0 radical (unpaired) electrons. The first-order valence-electron chi connectivity index (χ1n) is 13.2. The van der Waals surface area contributed by atoms with Crippen LogP contribution >= 0.6 is 0 Å². The van der Waals surface area contributed by atoms with E-state index in [0.717, 1.165) is 53.6 Å². The first-order chi connectivity index (χ1) is 18.0. The summed E-state index contributed by atoms with van der Waals surface area (Å²) in [6, 6.07) is 4.54. The predicted octanol–water partition coefficient (Wildman–Crippen LogP) is 3.57. The van der Waals surface area contributed by atoms with E-state index in [1.807, 2.05) is 39.2 Å². The van der Waals surface area contributed by atoms with Gasteiger partial charge in [0, 0.05) is 68.4 Å². The Bertz CT molecular complexity index is 1300. The van der Waals surface area contributed by atoms with E-state index in [0.29, 0.717) is 17.3 Å². The van der Waals surface area contributed by atoms with Gasteiger partial charge in [0.15, 0.2) is 0 Å². The average molecular weight is 519 g/mol. The van der Waals surface area contributed by atoms with Gasteiger partial charge in [-0.1, -0.05) is 5.57 Å². The number of anilines is 1. The van der Waals surface area contributed by atoms with E-state index in [4.69, 9.17) is 0 Å². The van der Waals surface area contributed by atoms with Crippen LogP contribution in [0.5, 0.6) is 0 Å². The maximum Gasteiger partial charge on any atom is 0.254 e. The summed E-state index contributed by atoms with van der Waals surface area (Å²) in [6.07, 6.45) is 9.37. The minimum absolute atomic E-state index is 0.0139. The lowest BCUT2D eigenvalue weighted by atomic mass is 9.89. The van der Waals surface area contributed by atoms with Crippen molar-refractivity contribution >= 4 is 29.1 Å². The van der Waals surface area contributed by atoms with Gasteiger partial charge in [0.2, 0.25) is 5.91 Å². The molecule has 38 heavy (non-hydrogen) atoms. The maximum atomic E-state index is 13.5. The van der Waals surface area contributed by atoms with Crippen molar-refractivity contribution in [1.29, 1.82) is 0 Å². The lowest BCUT2D eigenvalue weighted by molar-refractivity contribution is -0.121. The van der Waals surface area contributed by atoms with Gasteiger partial charge >= 0.3 is 0 Å². The van der Waals surface area contributed by atoms with Crippen LogP contribution in [0.15, 0.2) is 41.2 Å². The molecule has 1 aromatic heterocycles. The second-order valence-corrected chi connectivity index (χ2v) is 10.6. The second-order valence-electron chi connectivity index (χ2n) is 10.6. The summed E-state index contributed by atoms with van der Waals surface area (Å²) in [5.74, 6) is -0.881. The highest BCUT2D eigenvalue weighted by atomic mass is 16.2. The lowest BCUT2D eigenvalue weighted by Gasteiger charge is -2.37. The number of aliphatic imine (C=N–C) groups is 1. The molecule has 1 aromatic carbocycles. The number of carbonyl (C=O) groups is 3. The number of aromatic nitrogens is 2. The number of carbonyl (C=O) groups excluding carboxylic acids is 3. The first-order valence-corrected chi connectivity index (χ1v) is 13.2. The van der Waals surface area contributed by atoms with Crippen molar-refractivity contribution in [1.82, 2.24) is 20.4 Å². The van der Waals surface area contributed by atoms with Gasteiger partial charge in [-0.25, -0.2) is 4.99 Å². The number of nitrogens with one attached hydrogen (secondary N) is 2. The largest absolute Gasteiger partial charge is 0.371 e. The van der Waals surface area contributed by atoms with Crippen LogP contribution < -0.4 is 15.5 Å². The standard InChI is InChI=1S/C29H38N6O3/c1-17-11-18(2)32-29(38)26(17)15-30-28(37)25-12-21(22-14-31-34(5)16-22)13-27(19(25)3)35(6)24-9-7-23(8-10-24)33-20(4)36/h11-14,16,23-24,26H,7-10,15H2,1-6H3,(H,30,37)(H,33,36). The molecule has 2 heterocycles. The van der Waals surface area contributed by atoms with Gasteiger partial charge in [-0.15, -0.1) is 0 Å². The van der Waals surface area contributed by atoms with E-state index in [9.17, 15) is 14.4 Å². The van der Waals surface area contributed by atoms with Crippen molar-refractivity contribution < 1.29 is 14.4 Å². The van der Waals surface area contributed by atoms with E-state index in [1.165, 1.54) is 0 Å². The highest BCUT2D eigenvalue weighted by Gasteiger charge is 2.28. The van der Waals surface area contributed by atoms with Gasteiger partial charge in [0.05, 0.1) is 12.1 Å². The minimum atomic E-state index is -0.453. The molecule has 1 saturated carbocycles. The Morgan fingerprint density at radius 3 is 2.42 bits per heavy atom. The van der Waals surface area contributed by atoms with Crippen molar-refractivity contribution in [2.24, 2.45) is 18.0 Å². The van der Waals surface area contributed by atoms with Crippen LogP contribution in [0.1, 0.15) is 62.4 Å². The minimum Gasteiger partial charge on any atom is -0.371 e. The zero-order valence-electron chi connectivity index (χ0n) is 23.2. The summed E-state index contributed by atoms with van der Waals surface area (Å²) in [7, 11) is 3.95. The molecule has 2 aromatic rings. The number of hydrogen-bond acceptors (Lipinski definition) is 5. The quantitative estimate of drug-likeness (QED) is 0.583. The maximum absolute atomic E-state index is 13.5. The Morgan fingerprint density at radius 1 is 1.11 bits per heavy atom. The van der Waals surface area contributed by atoms with E-state index in [2.05, 4.69) is 38.7 Å². The second kappa shape index (κ2) is 11.3. The Morgan fingerprint density at radius 2 is 1.82 bits per heavy atom. The van der Waals surface area contributed by atoms with Crippen LogP contribution in [0.25, 0.3) is 11.1 Å². The average Bonchev–Trinajstić information content (AvgIpc) is 3.29. The Balaban J connectivity index is 1.59. The van der Waals surface area contributed by atoms with E-state index < -0.39 is 5.92 Å². The molecule has 1 fully saturated rings. The number of dihydropyridines is 1. The van der Waals surface area contributed by atoms with Crippen LogP contribution in [-0.2, 0) is 16.6 Å². The topological polar surface area (TPSA) is 109 Å². The number of allylic oxidation sites excluding steroid dienone is 1. The molecule has 3 amide bonds. The summed E-state index contributed by atoms with van der Waals surface area (Å²) in [4.78, 5) is 43.8. The molecule has 0 spiro atoms. The highest BCUT2D eigenvalue weighted by molar-refractivity contribution is 6.06. The number of aryl methyl sites for hydroxylation is 1. The van der Waals surface area contributed by atoms with Gasteiger partial charge in [0.1, 0.15) is 0 Å². The molecule has 1 aliphatic carbocycles. The summed E-state index contributed by atoms with van der Waals surface area (Å²) < 4.78 is 1.74. The molecule has 0 bridgehead atoms. The summed E-state index contributed by atoms with van der Waals surface area (Å²) in [5.41, 5.74) is 5.88. The third kappa shape index (κ3) is 6.03. The molecular weight excluding hydrogens is 480 g/mol. The normalized spacial score (nSPS) is 21.4. The van der Waals surface area contributed by atoms with Crippen molar-refractivity contribution in [3.8, 4) is 11.1 Å². The van der Waals surface area contributed by atoms with Crippen LogP contribution in [0.3, 0.4) is 0 Å². The van der Waals surface area contributed by atoms with Gasteiger partial charge in [-0.2, -0.15) is 5.10 Å². The lowest BCUT2D eigenvalue weighted by Crippen LogP contribution is -2.42. The molecule has 9 nitrogen and oxygen atoms in total. The Labute approximate surface area is 224 Å². The summed E-state index contributed by atoms with van der Waals surface area (Å²) in [5, 5.41) is 10.4. The van der Waals surface area contributed by atoms with Crippen LogP contribution in [0, 0.1) is 12.8 Å². The van der Waals surface area contributed by atoms with Gasteiger partial charge in [0.25, 0.3) is 11.8 Å².